The Hall–Kier alpha value is -1.55. The van der Waals surface area contributed by atoms with E-state index in [1.54, 1.807) is 19.2 Å². The molecule has 5 heteroatoms. The molecule has 0 saturated carbocycles. The first kappa shape index (κ1) is 9.98. The third-order valence-corrected chi connectivity index (χ3v) is 2.42. The largest absolute Gasteiger partial charge is 0.444 e. The minimum absolute atomic E-state index is 0.344. The molecule has 78 valence electrons. The molecule has 1 atom stereocenters. The van der Waals surface area contributed by atoms with Gasteiger partial charge in [0.1, 0.15) is 5.15 Å². The lowest BCUT2D eigenvalue weighted by Crippen LogP contribution is -2.06. The number of aromatic nitrogens is 2. The number of halogens is 1. The first-order valence-corrected chi connectivity index (χ1v) is 4.81. The normalized spacial score (nSPS) is 12.7. The molecular formula is C10H9ClN2O2. The second kappa shape index (κ2) is 3.90. The van der Waals surface area contributed by atoms with Crippen LogP contribution >= 0.6 is 11.6 Å². The second-order valence-corrected chi connectivity index (χ2v) is 3.51. The number of fused-ring (bicyclic) bond motifs is 1. The topological polar surface area (TPSA) is 44.1 Å². The Balaban J connectivity index is 2.49. The molecule has 4 nitrogen and oxygen atoms in total. The molecular weight excluding hydrogens is 216 g/mol. The number of carbonyl (C=O) groups excluding carboxylic acids is 1. The number of hydrogen-bond acceptors (Lipinski definition) is 3. The number of rotatable bonds is 3. The van der Waals surface area contributed by atoms with E-state index >= 15 is 0 Å². The zero-order valence-corrected chi connectivity index (χ0v) is 8.81. The molecule has 0 amide bonds. The van der Waals surface area contributed by atoms with Crippen molar-refractivity contribution in [3.8, 4) is 0 Å². The third kappa shape index (κ3) is 1.80. The number of ether oxygens (including phenoxy) is 1. The number of hydrogen-bond donors (Lipinski definition) is 0. The van der Waals surface area contributed by atoms with E-state index in [-0.39, 0.29) is 6.23 Å². The lowest BCUT2D eigenvalue weighted by Gasteiger charge is -2.12. The van der Waals surface area contributed by atoms with E-state index in [2.05, 4.69) is 4.98 Å². The van der Waals surface area contributed by atoms with E-state index in [1.807, 2.05) is 16.8 Å². The maximum Gasteiger partial charge on any atom is 0.295 e. The lowest BCUT2D eigenvalue weighted by atomic mass is 10.3. The smallest absolute Gasteiger partial charge is 0.295 e. The van der Waals surface area contributed by atoms with Gasteiger partial charge in [0.25, 0.3) is 6.47 Å². The minimum atomic E-state index is -0.344. The van der Waals surface area contributed by atoms with E-state index in [0.29, 0.717) is 11.6 Å². The summed E-state index contributed by atoms with van der Waals surface area (Å²) in [6, 6.07) is 3.66. The lowest BCUT2D eigenvalue weighted by molar-refractivity contribution is -0.136. The molecule has 0 fully saturated rings. The number of nitrogens with zero attached hydrogens (tertiary/aromatic N) is 2. The molecule has 1 unspecified atom stereocenters. The molecule has 0 aliphatic heterocycles. The summed E-state index contributed by atoms with van der Waals surface area (Å²) < 4.78 is 6.66. The van der Waals surface area contributed by atoms with Gasteiger partial charge in [-0.05, 0) is 19.1 Å². The average Bonchev–Trinajstić information content (AvgIpc) is 2.60. The van der Waals surface area contributed by atoms with Gasteiger partial charge in [0.2, 0.25) is 0 Å². The Kier molecular flexibility index (Phi) is 2.60. The summed E-state index contributed by atoms with van der Waals surface area (Å²) in [5.41, 5.74) is 0.883. The fourth-order valence-electron chi connectivity index (χ4n) is 1.49. The molecule has 2 aromatic rings. The molecule has 15 heavy (non-hydrogen) atoms. The predicted molar refractivity (Wildman–Crippen MR) is 56.6 cm³/mol. The fourth-order valence-corrected chi connectivity index (χ4v) is 1.66. The van der Waals surface area contributed by atoms with Crippen molar-refractivity contribution < 1.29 is 9.53 Å². The van der Waals surface area contributed by atoms with Gasteiger partial charge in [0.15, 0.2) is 6.23 Å². The second-order valence-electron chi connectivity index (χ2n) is 3.12. The summed E-state index contributed by atoms with van der Waals surface area (Å²) in [5, 5.41) is 1.42. The van der Waals surface area contributed by atoms with Crippen LogP contribution in [0.5, 0.6) is 0 Å². The van der Waals surface area contributed by atoms with Crippen molar-refractivity contribution in [3.63, 3.8) is 0 Å². The van der Waals surface area contributed by atoms with Gasteiger partial charge in [-0.25, -0.2) is 4.98 Å². The molecule has 2 heterocycles. The van der Waals surface area contributed by atoms with E-state index in [4.69, 9.17) is 16.3 Å². The van der Waals surface area contributed by atoms with Gasteiger partial charge in [0.05, 0.1) is 11.7 Å². The zero-order chi connectivity index (χ0) is 10.8. The quantitative estimate of drug-likeness (QED) is 0.594. The first-order chi connectivity index (χ1) is 7.22. The molecule has 0 aromatic carbocycles. The monoisotopic (exact) mass is 224 g/mol. The van der Waals surface area contributed by atoms with Crippen LogP contribution in [0.25, 0.3) is 10.9 Å². The molecule has 0 spiro atoms. The van der Waals surface area contributed by atoms with E-state index in [0.717, 1.165) is 10.9 Å². The maximum atomic E-state index is 10.2. The fraction of sp³-hybridized carbons (Fsp3) is 0.200. The van der Waals surface area contributed by atoms with Crippen molar-refractivity contribution in [2.75, 3.05) is 0 Å². The molecule has 0 aliphatic rings. The van der Waals surface area contributed by atoms with Gasteiger partial charge in [-0.3, -0.25) is 4.79 Å². The highest BCUT2D eigenvalue weighted by Gasteiger charge is 2.08. The van der Waals surface area contributed by atoms with Crippen LogP contribution in [0, 0.1) is 0 Å². The SMILES string of the molecule is CC(OC=O)n1ccc2cc(Cl)ncc21. The van der Waals surface area contributed by atoms with Gasteiger partial charge < -0.3 is 9.30 Å². The molecule has 0 aliphatic carbocycles. The van der Waals surface area contributed by atoms with E-state index in [9.17, 15) is 4.79 Å². The molecule has 2 rings (SSSR count). The van der Waals surface area contributed by atoms with Gasteiger partial charge >= 0.3 is 0 Å². The maximum absolute atomic E-state index is 10.2. The molecule has 0 radical (unpaired) electrons. The average molecular weight is 225 g/mol. The van der Waals surface area contributed by atoms with Crippen molar-refractivity contribution >= 4 is 29.0 Å². The van der Waals surface area contributed by atoms with Crippen molar-refractivity contribution in [1.82, 2.24) is 9.55 Å². The summed E-state index contributed by atoms with van der Waals surface area (Å²) in [5.74, 6) is 0. The van der Waals surface area contributed by atoms with Gasteiger partial charge in [-0.2, -0.15) is 0 Å². The van der Waals surface area contributed by atoms with Crippen LogP contribution in [0.3, 0.4) is 0 Å². The van der Waals surface area contributed by atoms with Crippen molar-refractivity contribution in [2.45, 2.75) is 13.2 Å². The summed E-state index contributed by atoms with van der Waals surface area (Å²) >= 11 is 5.76. The Morgan fingerprint density at radius 2 is 2.47 bits per heavy atom. The van der Waals surface area contributed by atoms with Crippen LogP contribution in [0.2, 0.25) is 5.15 Å². The van der Waals surface area contributed by atoms with Crippen LogP contribution < -0.4 is 0 Å². The van der Waals surface area contributed by atoms with E-state index in [1.165, 1.54) is 0 Å². The van der Waals surface area contributed by atoms with Crippen molar-refractivity contribution in [3.05, 3.63) is 29.7 Å². The van der Waals surface area contributed by atoms with Crippen LogP contribution in [0.1, 0.15) is 13.2 Å². The summed E-state index contributed by atoms with van der Waals surface area (Å²) in [4.78, 5) is 14.2. The Morgan fingerprint density at radius 3 is 3.20 bits per heavy atom. The Labute approximate surface area is 91.4 Å². The summed E-state index contributed by atoms with van der Waals surface area (Å²) in [6.07, 6.45) is 3.14. The van der Waals surface area contributed by atoms with Crippen molar-refractivity contribution in [2.24, 2.45) is 0 Å². The van der Waals surface area contributed by atoms with Gasteiger partial charge in [-0.1, -0.05) is 11.6 Å². The Bertz CT molecular complexity index is 495. The van der Waals surface area contributed by atoms with Gasteiger partial charge in [0, 0.05) is 11.6 Å². The molecule has 2 aromatic heterocycles. The summed E-state index contributed by atoms with van der Waals surface area (Å²) in [6.45, 7) is 2.21. The highest BCUT2D eigenvalue weighted by Crippen LogP contribution is 2.21. The third-order valence-electron chi connectivity index (χ3n) is 2.22. The molecule has 0 saturated heterocycles. The standard InChI is InChI=1S/C10H9ClN2O2/c1-7(15-6-14)13-3-2-8-4-10(11)12-5-9(8)13/h2-7H,1H3. The van der Waals surface area contributed by atoms with E-state index < -0.39 is 0 Å². The Morgan fingerprint density at radius 1 is 1.67 bits per heavy atom. The number of carbonyl (C=O) groups is 1. The van der Waals surface area contributed by atoms with Crippen molar-refractivity contribution in [1.29, 1.82) is 0 Å². The molecule has 0 N–H and O–H groups in total. The number of pyridine rings is 1. The zero-order valence-electron chi connectivity index (χ0n) is 8.05. The summed E-state index contributed by atoms with van der Waals surface area (Å²) in [7, 11) is 0. The van der Waals surface area contributed by atoms with Gasteiger partial charge in [-0.15, -0.1) is 0 Å². The minimum Gasteiger partial charge on any atom is -0.444 e. The van der Waals surface area contributed by atoms with Crippen LogP contribution in [-0.4, -0.2) is 16.0 Å². The highest BCUT2D eigenvalue weighted by molar-refractivity contribution is 6.30. The predicted octanol–water partition coefficient (Wildman–Crippen LogP) is 2.38. The first-order valence-electron chi connectivity index (χ1n) is 4.43. The molecule has 0 bridgehead atoms. The highest BCUT2D eigenvalue weighted by atomic mass is 35.5. The van der Waals surface area contributed by atoms with Crippen LogP contribution in [0.15, 0.2) is 24.5 Å². The van der Waals surface area contributed by atoms with Crippen LogP contribution in [-0.2, 0) is 9.53 Å². The van der Waals surface area contributed by atoms with Crippen LogP contribution in [0.4, 0.5) is 0 Å².